The maximum absolute atomic E-state index is 5.86. The minimum Gasteiger partial charge on any atom is -0.379 e. The van der Waals surface area contributed by atoms with Gasteiger partial charge in [-0.2, -0.15) is 0 Å². The number of hydrogen-bond donors (Lipinski definition) is 0. The number of rotatable bonds is 9. The fourth-order valence-corrected chi connectivity index (χ4v) is 3.47. The Balaban J connectivity index is 1.67. The molecule has 0 saturated heterocycles. The Labute approximate surface area is 127 Å². The molecule has 0 aliphatic rings. The van der Waals surface area contributed by atoms with Crippen LogP contribution in [0.2, 0.25) is 0 Å². The summed E-state index contributed by atoms with van der Waals surface area (Å²) in [5.41, 5.74) is 1.50. The summed E-state index contributed by atoms with van der Waals surface area (Å²) in [7, 11) is 0. The van der Waals surface area contributed by atoms with Crippen LogP contribution < -0.4 is 0 Å². The summed E-state index contributed by atoms with van der Waals surface area (Å²) in [5, 5.41) is 3.57. The molecule has 0 fully saturated rings. The van der Waals surface area contributed by atoms with Gasteiger partial charge >= 0.3 is 0 Å². The van der Waals surface area contributed by atoms with Crippen molar-refractivity contribution >= 4 is 21.4 Å². The van der Waals surface area contributed by atoms with Gasteiger partial charge < -0.3 is 4.74 Å². The van der Waals surface area contributed by atoms with E-state index in [4.69, 9.17) is 4.74 Å². The van der Waals surface area contributed by atoms with Gasteiger partial charge in [-0.15, -0.1) is 11.3 Å². The molecule has 0 aliphatic carbocycles. The number of aryl methyl sites for hydroxylation is 1. The smallest absolute Gasteiger partial charge is 0.0547 e. The van der Waals surface area contributed by atoms with Crippen LogP contribution in [0.25, 0.3) is 10.1 Å². The number of ether oxygens (including phenoxy) is 1. The minimum atomic E-state index is 0.427. The van der Waals surface area contributed by atoms with Gasteiger partial charge in [0.2, 0.25) is 0 Å². The number of fused-ring (bicyclic) bond motifs is 1. The van der Waals surface area contributed by atoms with E-state index < -0.39 is 0 Å². The topological polar surface area (TPSA) is 9.23 Å². The number of thiophene rings is 1. The molecule has 0 amide bonds. The Bertz CT molecular complexity index is 503. The average molecular weight is 290 g/mol. The first-order chi connectivity index (χ1) is 9.81. The standard InChI is InChI=1S/C18H26OS/c1-3-4-8-15(2)19-13-6-5-9-16-10-7-11-17-12-14-20-18(16)17/h7,10-12,14-15H,3-6,8-9,13H2,1-2H3. The molecule has 1 aromatic carbocycles. The third-order valence-corrected chi connectivity index (χ3v) is 4.77. The number of hydrogen-bond acceptors (Lipinski definition) is 2. The molecule has 0 spiro atoms. The summed E-state index contributed by atoms with van der Waals surface area (Å²) in [4.78, 5) is 0. The summed E-state index contributed by atoms with van der Waals surface area (Å²) in [5.74, 6) is 0. The zero-order valence-electron chi connectivity index (χ0n) is 12.7. The third-order valence-electron chi connectivity index (χ3n) is 3.77. The van der Waals surface area contributed by atoms with E-state index in [1.54, 1.807) is 0 Å². The molecule has 0 bridgehead atoms. The van der Waals surface area contributed by atoms with Gasteiger partial charge in [-0.05, 0) is 55.0 Å². The quantitative estimate of drug-likeness (QED) is 0.529. The van der Waals surface area contributed by atoms with Crippen LogP contribution in [-0.4, -0.2) is 12.7 Å². The van der Waals surface area contributed by atoms with Crippen LogP contribution in [0.5, 0.6) is 0 Å². The highest BCUT2D eigenvalue weighted by Gasteiger charge is 2.03. The molecule has 0 saturated carbocycles. The molecule has 0 N–H and O–H groups in total. The molecule has 2 aromatic rings. The molecule has 1 heterocycles. The van der Waals surface area contributed by atoms with Crippen LogP contribution in [0.3, 0.4) is 0 Å². The Kier molecular flexibility index (Phi) is 6.55. The molecule has 0 aliphatic heterocycles. The third kappa shape index (κ3) is 4.60. The molecular formula is C18H26OS. The second-order valence-corrected chi connectivity index (χ2v) is 6.45. The van der Waals surface area contributed by atoms with Gasteiger partial charge in [0.05, 0.1) is 6.10 Å². The van der Waals surface area contributed by atoms with Gasteiger partial charge in [-0.3, -0.25) is 0 Å². The van der Waals surface area contributed by atoms with Crippen molar-refractivity contribution < 1.29 is 4.74 Å². The summed E-state index contributed by atoms with van der Waals surface area (Å²) in [6.45, 7) is 5.34. The molecular weight excluding hydrogens is 264 g/mol. The summed E-state index contributed by atoms with van der Waals surface area (Å²) in [6, 6.07) is 8.85. The van der Waals surface area contributed by atoms with E-state index in [1.165, 1.54) is 47.8 Å². The van der Waals surface area contributed by atoms with Gasteiger partial charge in [0, 0.05) is 11.3 Å². The average Bonchev–Trinajstić information content (AvgIpc) is 2.94. The molecule has 0 radical (unpaired) electrons. The van der Waals surface area contributed by atoms with Crippen molar-refractivity contribution in [1.29, 1.82) is 0 Å². The van der Waals surface area contributed by atoms with E-state index in [9.17, 15) is 0 Å². The normalized spacial score (nSPS) is 12.9. The van der Waals surface area contributed by atoms with E-state index in [0.717, 1.165) is 13.0 Å². The fourth-order valence-electron chi connectivity index (χ4n) is 2.53. The van der Waals surface area contributed by atoms with Crippen molar-refractivity contribution in [2.24, 2.45) is 0 Å². The highest BCUT2D eigenvalue weighted by molar-refractivity contribution is 7.17. The predicted octanol–water partition coefficient (Wildman–Crippen LogP) is 5.82. The monoisotopic (exact) mass is 290 g/mol. The van der Waals surface area contributed by atoms with E-state index >= 15 is 0 Å². The van der Waals surface area contributed by atoms with Crippen molar-refractivity contribution in [3.63, 3.8) is 0 Å². The Hall–Kier alpha value is -0.860. The Morgan fingerprint density at radius 1 is 1.15 bits per heavy atom. The first-order valence-corrected chi connectivity index (χ1v) is 8.76. The SMILES string of the molecule is CCCCC(C)OCCCCc1cccc2ccsc12. The van der Waals surface area contributed by atoms with Crippen LogP contribution in [0.1, 0.15) is 51.5 Å². The lowest BCUT2D eigenvalue weighted by molar-refractivity contribution is 0.0564. The van der Waals surface area contributed by atoms with Crippen LogP contribution in [0.15, 0.2) is 29.6 Å². The summed E-state index contributed by atoms with van der Waals surface area (Å²) >= 11 is 1.86. The lowest BCUT2D eigenvalue weighted by Gasteiger charge is -2.12. The fraction of sp³-hybridized carbons (Fsp3) is 0.556. The minimum absolute atomic E-state index is 0.427. The largest absolute Gasteiger partial charge is 0.379 e. The molecule has 2 rings (SSSR count). The Morgan fingerprint density at radius 3 is 2.90 bits per heavy atom. The zero-order chi connectivity index (χ0) is 14.2. The van der Waals surface area contributed by atoms with Gasteiger partial charge in [0.15, 0.2) is 0 Å². The van der Waals surface area contributed by atoms with E-state index in [2.05, 4.69) is 43.5 Å². The highest BCUT2D eigenvalue weighted by Crippen LogP contribution is 2.25. The molecule has 2 heteroatoms. The zero-order valence-corrected chi connectivity index (χ0v) is 13.5. The van der Waals surface area contributed by atoms with E-state index in [-0.39, 0.29) is 0 Å². The predicted molar refractivity (Wildman–Crippen MR) is 89.7 cm³/mol. The first-order valence-electron chi connectivity index (χ1n) is 7.88. The van der Waals surface area contributed by atoms with Gasteiger partial charge in [-0.25, -0.2) is 0 Å². The highest BCUT2D eigenvalue weighted by atomic mass is 32.1. The van der Waals surface area contributed by atoms with Gasteiger partial charge in [0.25, 0.3) is 0 Å². The van der Waals surface area contributed by atoms with Gasteiger partial charge in [0.1, 0.15) is 0 Å². The maximum Gasteiger partial charge on any atom is 0.0547 e. The lowest BCUT2D eigenvalue weighted by atomic mass is 10.1. The number of benzene rings is 1. The lowest BCUT2D eigenvalue weighted by Crippen LogP contribution is -2.09. The van der Waals surface area contributed by atoms with Crippen molar-refractivity contribution in [3.05, 3.63) is 35.2 Å². The molecule has 1 aromatic heterocycles. The molecule has 110 valence electrons. The van der Waals surface area contributed by atoms with E-state index in [1.807, 2.05) is 11.3 Å². The van der Waals surface area contributed by atoms with Crippen LogP contribution in [0, 0.1) is 0 Å². The summed E-state index contributed by atoms with van der Waals surface area (Å²) < 4.78 is 7.32. The number of unbranched alkanes of at least 4 members (excludes halogenated alkanes) is 2. The second kappa shape index (κ2) is 8.43. The Morgan fingerprint density at radius 2 is 2.05 bits per heavy atom. The van der Waals surface area contributed by atoms with E-state index in [0.29, 0.717) is 6.10 Å². The van der Waals surface area contributed by atoms with Crippen molar-refractivity contribution in [1.82, 2.24) is 0 Å². The van der Waals surface area contributed by atoms with Crippen molar-refractivity contribution in [3.8, 4) is 0 Å². The van der Waals surface area contributed by atoms with Crippen molar-refractivity contribution in [2.45, 2.75) is 58.5 Å². The van der Waals surface area contributed by atoms with Gasteiger partial charge in [-0.1, -0.05) is 38.0 Å². The van der Waals surface area contributed by atoms with Crippen LogP contribution in [-0.2, 0) is 11.2 Å². The maximum atomic E-state index is 5.86. The first kappa shape index (κ1) is 15.5. The van der Waals surface area contributed by atoms with Crippen LogP contribution >= 0.6 is 11.3 Å². The molecule has 1 atom stereocenters. The second-order valence-electron chi connectivity index (χ2n) is 5.54. The molecule has 1 unspecified atom stereocenters. The molecule has 20 heavy (non-hydrogen) atoms. The molecule has 1 nitrogen and oxygen atoms in total. The van der Waals surface area contributed by atoms with Crippen LogP contribution in [0.4, 0.5) is 0 Å². The summed E-state index contributed by atoms with van der Waals surface area (Å²) in [6.07, 6.45) is 7.72. The van der Waals surface area contributed by atoms with Crippen molar-refractivity contribution in [2.75, 3.05) is 6.61 Å².